The molecule has 0 aromatic heterocycles. The van der Waals surface area contributed by atoms with Crippen molar-refractivity contribution in [3.05, 3.63) is 83.9 Å². The summed E-state index contributed by atoms with van der Waals surface area (Å²) in [5.74, 6) is 2.02. The van der Waals surface area contributed by atoms with Crippen LogP contribution in [0, 0.1) is 0 Å². The van der Waals surface area contributed by atoms with Gasteiger partial charge in [0, 0.05) is 17.3 Å². The van der Waals surface area contributed by atoms with Crippen molar-refractivity contribution in [2.45, 2.75) is 19.0 Å². The number of ether oxygens (including phenoxy) is 3. The maximum absolute atomic E-state index is 13.3. The number of carbonyl (C=O) groups is 1. The van der Waals surface area contributed by atoms with Crippen LogP contribution in [0.4, 0.5) is 5.69 Å². The molecule has 2 atom stereocenters. The molecule has 0 aliphatic rings. The summed E-state index contributed by atoms with van der Waals surface area (Å²) >= 11 is 0. The summed E-state index contributed by atoms with van der Waals surface area (Å²) in [6.45, 7) is 1.99. The second-order valence-corrected chi connectivity index (χ2v) is 7.06. The molecule has 2 N–H and O–H groups in total. The fourth-order valence-electron chi connectivity index (χ4n) is 3.38. The van der Waals surface area contributed by atoms with Gasteiger partial charge in [-0.25, -0.2) is 0 Å². The smallest absolute Gasteiger partial charge is 0.246 e. The zero-order valence-corrected chi connectivity index (χ0v) is 18.2. The summed E-state index contributed by atoms with van der Waals surface area (Å²) in [5, 5.41) is 6.43. The number of amides is 1. The molecule has 0 aliphatic heterocycles. The van der Waals surface area contributed by atoms with Crippen LogP contribution in [0.5, 0.6) is 17.2 Å². The van der Waals surface area contributed by atoms with Gasteiger partial charge in [-0.3, -0.25) is 10.1 Å². The van der Waals surface area contributed by atoms with E-state index in [1.165, 1.54) is 0 Å². The van der Waals surface area contributed by atoms with E-state index in [1.54, 1.807) is 21.3 Å². The van der Waals surface area contributed by atoms with Gasteiger partial charge >= 0.3 is 0 Å². The third-order valence-corrected chi connectivity index (χ3v) is 5.07. The molecule has 3 aromatic carbocycles. The van der Waals surface area contributed by atoms with Crippen LogP contribution in [0.2, 0.25) is 0 Å². The Morgan fingerprint density at radius 2 is 1.45 bits per heavy atom. The highest BCUT2D eigenvalue weighted by Crippen LogP contribution is 2.31. The van der Waals surface area contributed by atoms with Gasteiger partial charge in [-0.05, 0) is 55.0 Å². The first-order valence-corrected chi connectivity index (χ1v) is 10.0. The first kappa shape index (κ1) is 22.2. The van der Waals surface area contributed by atoms with Crippen molar-refractivity contribution in [2.75, 3.05) is 26.6 Å². The predicted molar refractivity (Wildman–Crippen MR) is 122 cm³/mol. The van der Waals surface area contributed by atoms with Crippen molar-refractivity contribution >= 4 is 11.6 Å². The number of benzene rings is 3. The molecule has 0 heterocycles. The lowest BCUT2D eigenvalue weighted by molar-refractivity contribution is -0.118. The van der Waals surface area contributed by atoms with E-state index < -0.39 is 6.04 Å². The Morgan fingerprint density at radius 3 is 2.06 bits per heavy atom. The molecule has 6 nitrogen and oxygen atoms in total. The van der Waals surface area contributed by atoms with Gasteiger partial charge in [0.15, 0.2) is 0 Å². The normalized spacial score (nSPS) is 12.5. The average molecular weight is 421 g/mol. The van der Waals surface area contributed by atoms with Crippen molar-refractivity contribution in [2.24, 2.45) is 0 Å². The van der Waals surface area contributed by atoms with Crippen LogP contribution in [0.25, 0.3) is 0 Å². The fraction of sp³-hybridized carbons (Fsp3) is 0.240. The van der Waals surface area contributed by atoms with Crippen molar-refractivity contribution in [3.8, 4) is 17.2 Å². The summed E-state index contributed by atoms with van der Waals surface area (Å²) in [4.78, 5) is 13.3. The monoisotopic (exact) mass is 420 g/mol. The average Bonchev–Trinajstić information content (AvgIpc) is 2.82. The topological polar surface area (TPSA) is 68.8 Å². The van der Waals surface area contributed by atoms with Crippen LogP contribution >= 0.6 is 0 Å². The molecular formula is C25H28N2O4. The molecule has 162 valence electrons. The minimum atomic E-state index is -0.575. The van der Waals surface area contributed by atoms with Crippen molar-refractivity contribution in [1.82, 2.24) is 5.32 Å². The molecule has 0 saturated heterocycles. The summed E-state index contributed by atoms with van der Waals surface area (Å²) in [5.41, 5.74) is 2.46. The van der Waals surface area contributed by atoms with Gasteiger partial charge in [-0.2, -0.15) is 0 Å². The first-order valence-electron chi connectivity index (χ1n) is 10.0. The van der Waals surface area contributed by atoms with Gasteiger partial charge < -0.3 is 19.5 Å². The van der Waals surface area contributed by atoms with Crippen molar-refractivity contribution < 1.29 is 19.0 Å². The largest absolute Gasteiger partial charge is 0.497 e. The Labute approximate surface area is 183 Å². The van der Waals surface area contributed by atoms with Crippen LogP contribution < -0.4 is 24.8 Å². The summed E-state index contributed by atoms with van der Waals surface area (Å²) in [6, 6.07) is 21.7. The van der Waals surface area contributed by atoms with Gasteiger partial charge in [0.1, 0.15) is 23.3 Å². The van der Waals surface area contributed by atoms with Gasteiger partial charge in [0.2, 0.25) is 5.91 Å². The van der Waals surface area contributed by atoms with Crippen LogP contribution in [0.3, 0.4) is 0 Å². The van der Waals surface area contributed by atoms with Crippen LogP contribution in [-0.2, 0) is 4.79 Å². The molecule has 0 fully saturated rings. The third-order valence-electron chi connectivity index (χ3n) is 5.07. The second kappa shape index (κ2) is 10.5. The lowest BCUT2D eigenvalue weighted by atomic mass is 10.0. The predicted octanol–water partition coefficient (Wildman–Crippen LogP) is 4.74. The SMILES string of the molecule is COc1ccc(NC(=O)C(NC(C)c2cc(OC)ccc2OC)c2ccccc2)cc1. The molecule has 0 aliphatic carbocycles. The number of hydrogen-bond donors (Lipinski definition) is 2. The number of hydrogen-bond acceptors (Lipinski definition) is 5. The van der Waals surface area contributed by atoms with Gasteiger partial charge in [0.25, 0.3) is 0 Å². The molecule has 3 aromatic rings. The molecule has 0 radical (unpaired) electrons. The van der Waals surface area contributed by atoms with Gasteiger partial charge in [-0.15, -0.1) is 0 Å². The molecule has 2 unspecified atom stereocenters. The molecule has 1 amide bonds. The van der Waals surface area contributed by atoms with E-state index in [0.717, 1.165) is 28.4 Å². The number of nitrogens with one attached hydrogen (secondary N) is 2. The van der Waals surface area contributed by atoms with Crippen molar-refractivity contribution in [1.29, 1.82) is 0 Å². The Hall–Kier alpha value is -3.51. The Bertz CT molecular complexity index is 990. The summed E-state index contributed by atoms with van der Waals surface area (Å²) in [6.07, 6.45) is 0. The van der Waals surface area contributed by atoms with Crippen LogP contribution in [-0.4, -0.2) is 27.2 Å². The number of methoxy groups -OCH3 is 3. The zero-order chi connectivity index (χ0) is 22.2. The summed E-state index contributed by atoms with van der Waals surface area (Å²) in [7, 11) is 4.86. The number of rotatable bonds is 9. The highest BCUT2D eigenvalue weighted by atomic mass is 16.5. The third kappa shape index (κ3) is 5.55. The molecule has 31 heavy (non-hydrogen) atoms. The zero-order valence-electron chi connectivity index (χ0n) is 18.2. The standard InChI is InChI=1S/C25H28N2O4/c1-17(22-16-21(30-3)14-15-23(22)31-4)26-24(18-8-6-5-7-9-18)25(28)27-19-10-12-20(29-2)13-11-19/h5-17,24,26H,1-4H3,(H,27,28). The van der Waals surface area contributed by atoms with E-state index in [4.69, 9.17) is 14.2 Å². The molecule has 0 spiro atoms. The molecule has 0 bridgehead atoms. The van der Waals surface area contributed by atoms with Gasteiger partial charge in [-0.1, -0.05) is 30.3 Å². The highest BCUT2D eigenvalue weighted by molar-refractivity contribution is 5.95. The van der Waals surface area contributed by atoms with Gasteiger partial charge in [0.05, 0.1) is 21.3 Å². The second-order valence-electron chi connectivity index (χ2n) is 7.06. The van der Waals surface area contributed by atoms with Crippen LogP contribution in [0.1, 0.15) is 30.1 Å². The van der Waals surface area contributed by atoms with E-state index >= 15 is 0 Å². The maximum atomic E-state index is 13.3. The molecule has 0 saturated carbocycles. The molecule has 6 heteroatoms. The van der Waals surface area contributed by atoms with Crippen LogP contribution in [0.15, 0.2) is 72.8 Å². The Balaban J connectivity index is 1.86. The Kier molecular flexibility index (Phi) is 7.51. The van der Waals surface area contributed by atoms with E-state index in [9.17, 15) is 4.79 Å². The highest BCUT2D eigenvalue weighted by Gasteiger charge is 2.24. The van der Waals surface area contributed by atoms with E-state index in [0.29, 0.717) is 5.69 Å². The first-order chi connectivity index (χ1) is 15.0. The maximum Gasteiger partial charge on any atom is 0.246 e. The quantitative estimate of drug-likeness (QED) is 0.523. The van der Waals surface area contributed by atoms with E-state index in [-0.39, 0.29) is 11.9 Å². The molecule has 3 rings (SSSR count). The lowest BCUT2D eigenvalue weighted by Gasteiger charge is -2.25. The van der Waals surface area contributed by atoms with E-state index in [2.05, 4.69) is 10.6 Å². The van der Waals surface area contributed by atoms with E-state index in [1.807, 2.05) is 79.7 Å². The minimum absolute atomic E-state index is 0.162. The lowest BCUT2D eigenvalue weighted by Crippen LogP contribution is -2.34. The summed E-state index contributed by atoms with van der Waals surface area (Å²) < 4.78 is 16.1. The van der Waals surface area contributed by atoms with Crippen molar-refractivity contribution in [3.63, 3.8) is 0 Å². The number of carbonyl (C=O) groups excluding carboxylic acids is 1. The minimum Gasteiger partial charge on any atom is -0.497 e. The molecular weight excluding hydrogens is 392 g/mol. The number of anilines is 1. The fourth-order valence-corrected chi connectivity index (χ4v) is 3.38. The Morgan fingerprint density at radius 1 is 0.806 bits per heavy atom.